The van der Waals surface area contributed by atoms with Crippen molar-refractivity contribution in [3.63, 3.8) is 0 Å². The summed E-state index contributed by atoms with van der Waals surface area (Å²) in [5.41, 5.74) is 0. The predicted molar refractivity (Wildman–Crippen MR) is 162 cm³/mol. The molecule has 0 atom stereocenters. The molecule has 2 heterocycles. The van der Waals surface area contributed by atoms with Crippen LogP contribution in [0.2, 0.25) is 0 Å². The Morgan fingerprint density at radius 2 is 0.667 bits per heavy atom. The van der Waals surface area contributed by atoms with Gasteiger partial charge in [0.1, 0.15) is 0 Å². The highest BCUT2D eigenvalue weighted by atomic mass is 32.1. The lowest BCUT2D eigenvalue weighted by Gasteiger charge is -2.25. The minimum atomic E-state index is 1.34. The molecule has 11 aromatic rings. The molecule has 0 N–H and O–H groups in total. The van der Waals surface area contributed by atoms with Gasteiger partial charge in [0, 0.05) is 61.9 Å². The van der Waals surface area contributed by atoms with Gasteiger partial charge in [-0.15, -0.1) is 22.7 Å². The zero-order valence-electron chi connectivity index (χ0n) is 18.9. The van der Waals surface area contributed by atoms with Crippen LogP contribution in [0.25, 0.3) is 105 Å². The molecule has 0 aliphatic heterocycles. The third kappa shape index (κ3) is 1.64. The summed E-state index contributed by atoms with van der Waals surface area (Å²) >= 11 is 3.92. The molecule has 0 saturated carbocycles. The van der Waals surface area contributed by atoms with Crippen molar-refractivity contribution < 1.29 is 0 Å². The average molecular weight is 487 g/mol. The van der Waals surface area contributed by atoms with Crippen LogP contribution in [0.3, 0.4) is 0 Å². The van der Waals surface area contributed by atoms with Crippen molar-refractivity contribution in [1.82, 2.24) is 0 Å². The van der Waals surface area contributed by atoms with Crippen molar-refractivity contribution in [1.29, 1.82) is 0 Å². The van der Waals surface area contributed by atoms with Crippen molar-refractivity contribution in [2.45, 2.75) is 0 Å². The highest BCUT2D eigenvalue weighted by molar-refractivity contribution is 7.26. The monoisotopic (exact) mass is 486 g/mol. The molecular formula is C34H14S2. The van der Waals surface area contributed by atoms with Gasteiger partial charge in [0.05, 0.1) is 0 Å². The molecule has 0 unspecified atom stereocenters. The number of benzene rings is 9. The largest absolute Gasteiger partial charge is 0.135 e. The third-order valence-corrected chi connectivity index (χ3v) is 11.1. The summed E-state index contributed by atoms with van der Waals surface area (Å²) in [4.78, 5) is 0. The first-order valence-corrected chi connectivity index (χ1v) is 14.1. The number of hydrogen-bond donors (Lipinski definition) is 0. The van der Waals surface area contributed by atoms with Crippen molar-refractivity contribution >= 4 is 128 Å². The fourth-order valence-electron chi connectivity index (χ4n) is 7.62. The zero-order chi connectivity index (χ0) is 22.9. The molecular weight excluding hydrogens is 473 g/mol. The molecule has 0 fully saturated rings. The van der Waals surface area contributed by atoms with Crippen LogP contribution in [0.1, 0.15) is 0 Å². The normalized spacial score (nSPS) is 13.6. The van der Waals surface area contributed by atoms with Crippen LogP contribution in [0.4, 0.5) is 0 Å². The smallest absolute Gasteiger partial charge is 0.0362 e. The molecule has 0 aliphatic carbocycles. The molecule has 2 heteroatoms. The minimum absolute atomic E-state index is 1.34. The van der Waals surface area contributed by atoms with Crippen molar-refractivity contribution in [2.24, 2.45) is 0 Å². The molecule has 11 rings (SSSR count). The number of rotatable bonds is 0. The van der Waals surface area contributed by atoms with Gasteiger partial charge < -0.3 is 0 Å². The Labute approximate surface area is 211 Å². The number of hydrogen-bond acceptors (Lipinski definition) is 2. The topological polar surface area (TPSA) is 0 Å². The SMILES string of the molecule is c1cc2ccc3sc4ccc5c6cccc7ccc8sc9ccc%10c(c1)c2c3c1c4c5c(c8c76)c9c%101. The zero-order valence-corrected chi connectivity index (χ0v) is 20.5. The molecule has 0 radical (unpaired) electrons. The van der Waals surface area contributed by atoms with E-state index in [0.29, 0.717) is 0 Å². The van der Waals surface area contributed by atoms with Gasteiger partial charge in [-0.25, -0.2) is 0 Å². The van der Waals surface area contributed by atoms with Crippen LogP contribution >= 0.6 is 22.7 Å². The first kappa shape index (κ1) is 17.4. The summed E-state index contributed by atoms with van der Waals surface area (Å²) in [5.74, 6) is 0. The van der Waals surface area contributed by atoms with Gasteiger partial charge in [-0.05, 0) is 67.4 Å². The quantitative estimate of drug-likeness (QED) is 0.148. The molecule has 162 valence electrons. The summed E-state index contributed by atoms with van der Waals surface area (Å²) in [7, 11) is 0. The van der Waals surface area contributed by atoms with E-state index < -0.39 is 0 Å². The summed E-state index contributed by atoms with van der Waals surface area (Å²) in [6.45, 7) is 0. The Balaban J connectivity index is 1.69. The van der Waals surface area contributed by atoms with Gasteiger partial charge in [0.2, 0.25) is 0 Å². The van der Waals surface area contributed by atoms with E-state index in [0.717, 1.165) is 0 Å². The highest BCUT2D eigenvalue weighted by Gasteiger charge is 2.27. The maximum absolute atomic E-state index is 2.40. The maximum Gasteiger partial charge on any atom is 0.0362 e. The predicted octanol–water partition coefficient (Wildman–Crippen LogP) is 11.1. The molecule has 0 aliphatic rings. The molecule has 9 aromatic carbocycles. The van der Waals surface area contributed by atoms with Crippen molar-refractivity contribution in [3.8, 4) is 0 Å². The van der Waals surface area contributed by atoms with Crippen LogP contribution in [0.5, 0.6) is 0 Å². The summed E-state index contributed by atoms with van der Waals surface area (Å²) in [5, 5.41) is 22.9. The fourth-order valence-corrected chi connectivity index (χ4v) is 9.87. The second kappa shape index (κ2) is 5.39. The highest BCUT2D eigenvalue weighted by Crippen LogP contribution is 2.56. The minimum Gasteiger partial charge on any atom is -0.135 e. The molecule has 0 nitrogen and oxygen atoms in total. The van der Waals surface area contributed by atoms with E-state index in [9.17, 15) is 0 Å². The van der Waals surface area contributed by atoms with E-state index in [-0.39, 0.29) is 0 Å². The lowest BCUT2D eigenvalue weighted by molar-refractivity contribution is 1.84. The Hall–Kier alpha value is -3.98. The van der Waals surface area contributed by atoms with E-state index in [2.05, 4.69) is 84.9 Å². The van der Waals surface area contributed by atoms with Crippen LogP contribution < -0.4 is 0 Å². The van der Waals surface area contributed by atoms with Gasteiger partial charge in [-0.3, -0.25) is 0 Å². The Kier molecular flexibility index (Phi) is 2.61. The Morgan fingerprint density at radius 1 is 0.278 bits per heavy atom. The average Bonchev–Trinajstić information content (AvgIpc) is 2.93. The van der Waals surface area contributed by atoms with Crippen molar-refractivity contribution in [3.05, 3.63) is 84.9 Å². The van der Waals surface area contributed by atoms with E-state index >= 15 is 0 Å². The van der Waals surface area contributed by atoms with Gasteiger partial charge in [0.15, 0.2) is 0 Å². The van der Waals surface area contributed by atoms with Gasteiger partial charge in [0.25, 0.3) is 0 Å². The lowest BCUT2D eigenvalue weighted by Crippen LogP contribution is -1.95. The molecule has 0 bridgehead atoms. The molecule has 36 heavy (non-hydrogen) atoms. The molecule has 0 saturated heterocycles. The van der Waals surface area contributed by atoms with Gasteiger partial charge in [-0.2, -0.15) is 0 Å². The standard InChI is InChI=1S/C34H14S2/c1-3-15-7-11-21-29-25(15)17(5-1)19-9-13-23-31-27(19)33(29)32-24(35-21)14-10-20-18-6-2-4-16-8-12-22(36-23)30(26(16)18)34(31)28(20)32/h1-14H. The van der Waals surface area contributed by atoms with Crippen LogP contribution in [0, 0.1) is 0 Å². The molecule has 0 amide bonds. The summed E-state index contributed by atoms with van der Waals surface area (Å²) < 4.78 is 5.59. The summed E-state index contributed by atoms with van der Waals surface area (Å²) in [6, 6.07) is 32.6. The fraction of sp³-hybridized carbons (Fsp3) is 0. The first-order chi connectivity index (χ1) is 17.9. The maximum atomic E-state index is 2.40. The van der Waals surface area contributed by atoms with Crippen LogP contribution in [-0.4, -0.2) is 0 Å². The van der Waals surface area contributed by atoms with E-state index in [1.54, 1.807) is 0 Å². The summed E-state index contributed by atoms with van der Waals surface area (Å²) in [6.07, 6.45) is 0. The molecule has 0 spiro atoms. The van der Waals surface area contributed by atoms with E-state index in [1.807, 2.05) is 22.7 Å². The first-order valence-electron chi connectivity index (χ1n) is 12.4. The Morgan fingerprint density at radius 3 is 1.14 bits per heavy atom. The lowest BCUT2D eigenvalue weighted by atomic mass is 9.81. The Bertz CT molecular complexity index is 2490. The molecule has 2 aromatic heterocycles. The number of fused-ring (bicyclic) bond motifs is 2. The third-order valence-electron chi connectivity index (χ3n) is 8.87. The van der Waals surface area contributed by atoms with Crippen LogP contribution in [-0.2, 0) is 0 Å². The van der Waals surface area contributed by atoms with Crippen molar-refractivity contribution in [2.75, 3.05) is 0 Å². The second-order valence-electron chi connectivity index (χ2n) is 10.4. The van der Waals surface area contributed by atoms with Gasteiger partial charge in [-0.1, -0.05) is 60.7 Å². The van der Waals surface area contributed by atoms with E-state index in [4.69, 9.17) is 0 Å². The van der Waals surface area contributed by atoms with Crippen LogP contribution in [0.15, 0.2) is 84.9 Å². The second-order valence-corrected chi connectivity index (χ2v) is 12.5. The van der Waals surface area contributed by atoms with Gasteiger partial charge >= 0.3 is 0 Å². The van der Waals surface area contributed by atoms with E-state index in [1.165, 1.54) is 105 Å².